The Kier molecular flexibility index (Phi) is 6.74. The van der Waals surface area contributed by atoms with Crippen molar-refractivity contribution >= 4 is 56.2 Å². The number of rotatable bonds is 6. The van der Waals surface area contributed by atoms with E-state index in [9.17, 15) is 13.2 Å². The van der Waals surface area contributed by atoms with Crippen molar-refractivity contribution in [2.45, 2.75) is 32.6 Å². The van der Waals surface area contributed by atoms with E-state index in [0.717, 1.165) is 22.5 Å². The lowest BCUT2D eigenvalue weighted by Gasteiger charge is -2.20. The largest absolute Gasteiger partial charge is 0.322 e. The van der Waals surface area contributed by atoms with Crippen molar-refractivity contribution in [2.24, 2.45) is 0 Å². The van der Waals surface area contributed by atoms with Gasteiger partial charge in [-0.15, -0.1) is 11.3 Å². The van der Waals surface area contributed by atoms with Gasteiger partial charge in [-0.05, 0) is 43.2 Å². The number of carbonyl (C=O) groups excluding carboxylic acids is 1. The number of carbonyl (C=O) groups is 1. The number of nitrogens with zero attached hydrogens (tertiary/aromatic N) is 1. The fourth-order valence-corrected chi connectivity index (χ4v) is 5.53. The van der Waals surface area contributed by atoms with Gasteiger partial charge in [-0.1, -0.05) is 37.0 Å². The van der Waals surface area contributed by atoms with Crippen LogP contribution in [0.15, 0.2) is 23.1 Å². The van der Waals surface area contributed by atoms with Crippen molar-refractivity contribution < 1.29 is 13.2 Å². The highest BCUT2D eigenvalue weighted by Crippen LogP contribution is 2.32. The Morgan fingerprint density at radius 3 is 2.27 bits per heavy atom. The van der Waals surface area contributed by atoms with Crippen LogP contribution in [0.1, 0.15) is 35.3 Å². The molecule has 0 aliphatic heterocycles. The lowest BCUT2D eigenvalue weighted by molar-refractivity contribution is 0.102. The number of amides is 1. The molecule has 142 valence electrons. The summed E-state index contributed by atoms with van der Waals surface area (Å²) in [6.07, 6.45) is 0. The van der Waals surface area contributed by atoms with Crippen LogP contribution < -0.4 is 5.32 Å². The average Bonchev–Trinajstić information content (AvgIpc) is 2.90. The zero-order valence-electron chi connectivity index (χ0n) is 14.9. The molecule has 1 aromatic carbocycles. The molecule has 9 heteroatoms. The Bertz CT molecular complexity index is 936. The number of hydrogen-bond acceptors (Lipinski definition) is 4. The summed E-state index contributed by atoms with van der Waals surface area (Å²) < 4.78 is 27.7. The number of nitrogens with one attached hydrogen (secondary N) is 1. The molecule has 0 fully saturated rings. The van der Waals surface area contributed by atoms with Gasteiger partial charge in [0.2, 0.25) is 10.0 Å². The molecule has 0 atom stereocenters. The van der Waals surface area contributed by atoms with E-state index in [1.807, 2.05) is 6.92 Å². The first kappa shape index (κ1) is 21.2. The van der Waals surface area contributed by atoms with Crippen LogP contribution in [0.5, 0.6) is 0 Å². The van der Waals surface area contributed by atoms with E-state index in [-0.39, 0.29) is 14.8 Å². The van der Waals surface area contributed by atoms with Gasteiger partial charge in [0.1, 0.15) is 4.34 Å². The summed E-state index contributed by atoms with van der Waals surface area (Å²) in [5.41, 5.74) is 2.24. The number of hydrogen-bond donors (Lipinski definition) is 1. The second-order valence-electron chi connectivity index (χ2n) is 5.69. The maximum absolute atomic E-state index is 12.8. The van der Waals surface area contributed by atoms with Crippen LogP contribution in [-0.4, -0.2) is 31.7 Å². The van der Waals surface area contributed by atoms with Gasteiger partial charge in [0.05, 0.1) is 14.8 Å². The SMILES string of the molecule is CCN(CC)S(=O)(=O)c1cc(C)c(C)c(NC(=O)c2cc(Cl)sc2Cl)c1. The Labute approximate surface area is 168 Å². The lowest BCUT2D eigenvalue weighted by Crippen LogP contribution is -2.30. The first-order valence-electron chi connectivity index (χ1n) is 7.99. The van der Waals surface area contributed by atoms with E-state index in [4.69, 9.17) is 23.2 Å². The molecule has 2 aromatic rings. The summed E-state index contributed by atoms with van der Waals surface area (Å²) in [5.74, 6) is -0.432. The summed E-state index contributed by atoms with van der Waals surface area (Å²) in [4.78, 5) is 12.7. The molecule has 0 saturated heterocycles. The van der Waals surface area contributed by atoms with Crippen LogP contribution in [0.3, 0.4) is 0 Å². The predicted molar refractivity (Wildman–Crippen MR) is 108 cm³/mol. The summed E-state index contributed by atoms with van der Waals surface area (Å²) in [6.45, 7) is 7.94. The van der Waals surface area contributed by atoms with Crippen molar-refractivity contribution in [3.8, 4) is 0 Å². The smallest absolute Gasteiger partial charge is 0.258 e. The van der Waals surface area contributed by atoms with Crippen LogP contribution in [0.25, 0.3) is 0 Å². The molecule has 0 spiro atoms. The molecule has 1 amide bonds. The molecule has 0 aliphatic rings. The number of halogens is 2. The van der Waals surface area contributed by atoms with Crippen molar-refractivity contribution in [3.63, 3.8) is 0 Å². The summed E-state index contributed by atoms with van der Waals surface area (Å²) in [5, 5.41) is 2.75. The molecule has 26 heavy (non-hydrogen) atoms. The maximum atomic E-state index is 12.8. The third-order valence-corrected chi connectivity index (χ3v) is 7.65. The average molecular weight is 435 g/mol. The van der Waals surface area contributed by atoms with Crippen molar-refractivity contribution in [1.29, 1.82) is 0 Å². The van der Waals surface area contributed by atoms with Crippen LogP contribution >= 0.6 is 34.5 Å². The molecule has 0 saturated carbocycles. The van der Waals surface area contributed by atoms with E-state index in [0.29, 0.717) is 23.1 Å². The standard InChI is InChI=1S/C17H20Cl2N2O3S2/c1-5-21(6-2)26(23,24)12-7-10(3)11(4)14(8-12)20-17(22)13-9-15(18)25-16(13)19/h7-9H,5-6H2,1-4H3,(H,20,22). The molecular weight excluding hydrogens is 415 g/mol. The third kappa shape index (κ3) is 4.23. The van der Waals surface area contributed by atoms with E-state index >= 15 is 0 Å². The molecular formula is C17H20Cl2N2O3S2. The third-order valence-electron chi connectivity index (χ3n) is 4.13. The Balaban J connectivity index is 2.45. The number of thiophene rings is 1. The van der Waals surface area contributed by atoms with Crippen molar-refractivity contribution in [2.75, 3.05) is 18.4 Å². The molecule has 0 unspecified atom stereocenters. The molecule has 2 rings (SSSR count). The zero-order valence-corrected chi connectivity index (χ0v) is 18.0. The minimum atomic E-state index is -3.63. The van der Waals surface area contributed by atoms with Crippen molar-refractivity contribution in [1.82, 2.24) is 4.31 Å². The predicted octanol–water partition coefficient (Wildman–Crippen LogP) is 4.95. The van der Waals surface area contributed by atoms with Gasteiger partial charge in [-0.25, -0.2) is 8.42 Å². The number of aryl methyl sites for hydroxylation is 1. The van der Waals surface area contributed by atoms with Gasteiger partial charge in [0.15, 0.2) is 0 Å². The number of anilines is 1. The van der Waals surface area contributed by atoms with Gasteiger partial charge in [0, 0.05) is 18.8 Å². The normalized spacial score (nSPS) is 11.8. The number of benzene rings is 1. The van der Waals surface area contributed by atoms with Gasteiger partial charge >= 0.3 is 0 Å². The van der Waals surface area contributed by atoms with Crippen LogP contribution in [-0.2, 0) is 10.0 Å². The Morgan fingerprint density at radius 2 is 1.77 bits per heavy atom. The molecule has 0 aliphatic carbocycles. The van der Waals surface area contributed by atoms with E-state index < -0.39 is 15.9 Å². The first-order valence-corrected chi connectivity index (χ1v) is 11.0. The van der Waals surface area contributed by atoms with Crippen LogP contribution in [0.2, 0.25) is 8.67 Å². The molecule has 1 heterocycles. The lowest BCUT2D eigenvalue weighted by atomic mass is 10.1. The van der Waals surface area contributed by atoms with Gasteiger partial charge in [-0.2, -0.15) is 4.31 Å². The van der Waals surface area contributed by atoms with Gasteiger partial charge in [-0.3, -0.25) is 4.79 Å². The molecule has 0 radical (unpaired) electrons. The zero-order chi connectivity index (χ0) is 19.6. The van der Waals surface area contributed by atoms with E-state index in [1.54, 1.807) is 26.8 Å². The topological polar surface area (TPSA) is 66.5 Å². The highest BCUT2D eigenvalue weighted by Gasteiger charge is 2.24. The minimum Gasteiger partial charge on any atom is -0.322 e. The summed E-state index contributed by atoms with van der Waals surface area (Å²) >= 11 is 13.0. The van der Waals surface area contributed by atoms with E-state index in [2.05, 4.69) is 5.32 Å². The Hall–Kier alpha value is -1.12. The molecule has 1 N–H and O–H groups in total. The molecule has 1 aromatic heterocycles. The summed E-state index contributed by atoms with van der Waals surface area (Å²) in [7, 11) is -3.63. The highest BCUT2D eigenvalue weighted by atomic mass is 35.5. The van der Waals surface area contributed by atoms with E-state index in [1.165, 1.54) is 16.4 Å². The van der Waals surface area contributed by atoms with Gasteiger partial charge in [0.25, 0.3) is 5.91 Å². The summed E-state index contributed by atoms with van der Waals surface area (Å²) in [6, 6.07) is 4.59. The van der Waals surface area contributed by atoms with Crippen LogP contribution in [0.4, 0.5) is 5.69 Å². The monoisotopic (exact) mass is 434 g/mol. The maximum Gasteiger partial charge on any atom is 0.258 e. The fourth-order valence-electron chi connectivity index (χ4n) is 2.50. The van der Waals surface area contributed by atoms with Crippen LogP contribution in [0, 0.1) is 13.8 Å². The first-order chi connectivity index (χ1) is 12.1. The quantitative estimate of drug-likeness (QED) is 0.698. The fraction of sp³-hybridized carbons (Fsp3) is 0.353. The molecule has 0 bridgehead atoms. The highest BCUT2D eigenvalue weighted by molar-refractivity contribution is 7.89. The second kappa shape index (κ2) is 8.27. The second-order valence-corrected chi connectivity index (χ2v) is 9.92. The van der Waals surface area contributed by atoms with Gasteiger partial charge < -0.3 is 5.32 Å². The number of sulfonamides is 1. The Morgan fingerprint density at radius 1 is 1.15 bits per heavy atom. The molecule has 5 nitrogen and oxygen atoms in total. The minimum absolute atomic E-state index is 0.147. The van der Waals surface area contributed by atoms with Crippen molar-refractivity contribution in [3.05, 3.63) is 43.6 Å².